The predicted octanol–water partition coefficient (Wildman–Crippen LogP) is 5.43. The number of ether oxygens (including phenoxy) is 2. The average Bonchev–Trinajstić information content (AvgIpc) is 2.73. The first kappa shape index (κ1) is 19.4. The summed E-state index contributed by atoms with van der Waals surface area (Å²) in [5.41, 5.74) is 3.63. The van der Waals surface area contributed by atoms with Crippen LogP contribution in [0.1, 0.15) is 43.2 Å². The highest BCUT2D eigenvalue weighted by Gasteiger charge is 2.10. The molecule has 2 aromatic rings. The molecular formula is C23H27NO2S. The van der Waals surface area contributed by atoms with Crippen LogP contribution in [0.4, 0.5) is 0 Å². The van der Waals surface area contributed by atoms with Crippen molar-refractivity contribution in [2.75, 3.05) is 13.7 Å². The average molecular weight is 382 g/mol. The zero-order valence-electron chi connectivity index (χ0n) is 15.9. The maximum atomic E-state index is 5.91. The third kappa shape index (κ3) is 5.83. The Bertz CT molecular complexity index is 786. The largest absolute Gasteiger partial charge is 0.493 e. The van der Waals surface area contributed by atoms with Gasteiger partial charge in [-0.2, -0.15) is 0 Å². The standard InChI is InChI=1S/C23H27NO2S/c1-25-22-16-20(23(27)24-15-14-18-8-4-2-5-9-18)12-13-21(22)26-17-19-10-6-3-7-11-19/h3,6-8,10-13,16H,2,4-5,9,14-15,17H2,1H3,(H,24,27). The lowest BCUT2D eigenvalue weighted by atomic mass is 9.97. The molecule has 1 N–H and O–H groups in total. The van der Waals surface area contributed by atoms with Crippen molar-refractivity contribution in [3.8, 4) is 11.5 Å². The quantitative estimate of drug-likeness (QED) is 0.488. The van der Waals surface area contributed by atoms with E-state index in [4.69, 9.17) is 21.7 Å². The molecule has 0 fully saturated rings. The van der Waals surface area contributed by atoms with Crippen molar-refractivity contribution in [2.45, 2.75) is 38.7 Å². The number of thiocarbonyl (C=S) groups is 1. The molecule has 2 aromatic carbocycles. The Morgan fingerprint density at radius 3 is 2.67 bits per heavy atom. The van der Waals surface area contributed by atoms with E-state index in [-0.39, 0.29) is 0 Å². The molecular weight excluding hydrogens is 354 g/mol. The highest BCUT2D eigenvalue weighted by molar-refractivity contribution is 7.80. The van der Waals surface area contributed by atoms with Crippen molar-refractivity contribution < 1.29 is 9.47 Å². The summed E-state index contributed by atoms with van der Waals surface area (Å²) in [6, 6.07) is 15.9. The van der Waals surface area contributed by atoms with Crippen LogP contribution in [0.3, 0.4) is 0 Å². The third-order valence-corrected chi connectivity index (χ3v) is 5.16. The molecule has 0 atom stereocenters. The van der Waals surface area contributed by atoms with Gasteiger partial charge in [0.15, 0.2) is 11.5 Å². The van der Waals surface area contributed by atoms with E-state index in [1.165, 1.54) is 25.7 Å². The van der Waals surface area contributed by atoms with Crippen molar-refractivity contribution >= 4 is 17.2 Å². The van der Waals surface area contributed by atoms with E-state index in [0.717, 1.165) is 34.8 Å². The molecule has 1 aliphatic rings. The molecule has 0 saturated heterocycles. The summed E-state index contributed by atoms with van der Waals surface area (Å²) >= 11 is 5.55. The van der Waals surface area contributed by atoms with Crippen LogP contribution in [-0.4, -0.2) is 18.6 Å². The van der Waals surface area contributed by atoms with E-state index >= 15 is 0 Å². The predicted molar refractivity (Wildman–Crippen MR) is 115 cm³/mol. The second-order valence-corrected chi connectivity index (χ2v) is 7.16. The molecule has 0 unspecified atom stereocenters. The number of hydrogen-bond acceptors (Lipinski definition) is 3. The summed E-state index contributed by atoms with van der Waals surface area (Å²) in [4.78, 5) is 0.749. The van der Waals surface area contributed by atoms with Gasteiger partial charge >= 0.3 is 0 Å². The van der Waals surface area contributed by atoms with Gasteiger partial charge in [-0.1, -0.05) is 54.2 Å². The topological polar surface area (TPSA) is 30.5 Å². The fourth-order valence-corrected chi connectivity index (χ4v) is 3.46. The minimum atomic E-state index is 0.508. The number of nitrogens with one attached hydrogen (secondary N) is 1. The number of allylic oxidation sites excluding steroid dienone is 1. The lowest BCUT2D eigenvalue weighted by Crippen LogP contribution is -2.24. The number of hydrogen-bond donors (Lipinski definition) is 1. The zero-order chi connectivity index (χ0) is 18.9. The zero-order valence-corrected chi connectivity index (χ0v) is 16.7. The van der Waals surface area contributed by atoms with E-state index < -0.39 is 0 Å². The van der Waals surface area contributed by atoms with Gasteiger partial charge in [0.25, 0.3) is 0 Å². The maximum Gasteiger partial charge on any atom is 0.161 e. The molecule has 0 spiro atoms. The maximum absolute atomic E-state index is 5.91. The van der Waals surface area contributed by atoms with Gasteiger partial charge < -0.3 is 14.8 Å². The van der Waals surface area contributed by atoms with Crippen LogP contribution in [0.5, 0.6) is 11.5 Å². The number of methoxy groups -OCH3 is 1. The highest BCUT2D eigenvalue weighted by atomic mass is 32.1. The Morgan fingerprint density at radius 2 is 1.93 bits per heavy atom. The number of rotatable bonds is 8. The molecule has 0 saturated carbocycles. The van der Waals surface area contributed by atoms with Gasteiger partial charge in [0.2, 0.25) is 0 Å². The second kappa shape index (κ2) is 10.1. The molecule has 0 radical (unpaired) electrons. The Kier molecular flexibility index (Phi) is 7.28. The van der Waals surface area contributed by atoms with Crippen LogP contribution in [-0.2, 0) is 6.61 Å². The Morgan fingerprint density at radius 1 is 1.07 bits per heavy atom. The molecule has 4 heteroatoms. The van der Waals surface area contributed by atoms with E-state index in [0.29, 0.717) is 12.4 Å². The molecule has 0 heterocycles. The first-order valence-electron chi connectivity index (χ1n) is 9.57. The highest BCUT2D eigenvalue weighted by Crippen LogP contribution is 2.29. The molecule has 3 nitrogen and oxygen atoms in total. The van der Waals surface area contributed by atoms with Crippen LogP contribution in [0.25, 0.3) is 0 Å². The monoisotopic (exact) mass is 381 g/mol. The normalized spacial score (nSPS) is 13.6. The molecule has 0 amide bonds. The van der Waals surface area contributed by atoms with Gasteiger partial charge in [0.05, 0.1) is 7.11 Å². The molecule has 27 heavy (non-hydrogen) atoms. The van der Waals surface area contributed by atoms with Crippen molar-refractivity contribution in [3.05, 3.63) is 71.3 Å². The van der Waals surface area contributed by atoms with Gasteiger partial charge in [-0.05, 0) is 55.9 Å². The first-order valence-corrected chi connectivity index (χ1v) is 9.98. The van der Waals surface area contributed by atoms with Crippen molar-refractivity contribution in [1.29, 1.82) is 0 Å². The first-order chi connectivity index (χ1) is 13.3. The SMILES string of the molecule is COc1cc(C(=S)NCCC2=CCCCC2)ccc1OCc1ccccc1. The van der Waals surface area contributed by atoms with E-state index in [1.54, 1.807) is 12.7 Å². The van der Waals surface area contributed by atoms with Crippen LogP contribution >= 0.6 is 12.2 Å². The molecule has 0 aliphatic heterocycles. The van der Waals surface area contributed by atoms with E-state index in [2.05, 4.69) is 11.4 Å². The van der Waals surface area contributed by atoms with Crippen molar-refractivity contribution in [2.24, 2.45) is 0 Å². The summed E-state index contributed by atoms with van der Waals surface area (Å²) in [6.45, 7) is 1.38. The van der Waals surface area contributed by atoms with Crippen molar-refractivity contribution in [3.63, 3.8) is 0 Å². The second-order valence-electron chi connectivity index (χ2n) is 6.75. The van der Waals surface area contributed by atoms with Crippen LogP contribution in [0.15, 0.2) is 60.2 Å². The summed E-state index contributed by atoms with van der Waals surface area (Å²) in [7, 11) is 1.65. The van der Waals surface area contributed by atoms with Crippen molar-refractivity contribution in [1.82, 2.24) is 5.32 Å². The molecule has 0 aromatic heterocycles. The van der Waals surface area contributed by atoms with E-state index in [9.17, 15) is 0 Å². The van der Waals surface area contributed by atoms with Crippen LogP contribution in [0.2, 0.25) is 0 Å². The fourth-order valence-electron chi connectivity index (χ4n) is 3.23. The van der Waals surface area contributed by atoms with Crippen LogP contribution < -0.4 is 14.8 Å². The molecule has 1 aliphatic carbocycles. The smallest absolute Gasteiger partial charge is 0.161 e. The molecule has 0 bridgehead atoms. The third-order valence-electron chi connectivity index (χ3n) is 4.78. The summed E-state index contributed by atoms with van der Waals surface area (Å²) in [6.07, 6.45) is 8.55. The fraction of sp³-hybridized carbons (Fsp3) is 0.348. The minimum absolute atomic E-state index is 0.508. The molecule has 142 valence electrons. The minimum Gasteiger partial charge on any atom is -0.493 e. The Balaban J connectivity index is 1.55. The summed E-state index contributed by atoms with van der Waals surface area (Å²) in [5.74, 6) is 1.42. The summed E-state index contributed by atoms with van der Waals surface area (Å²) in [5, 5.41) is 3.37. The van der Waals surface area contributed by atoms with Gasteiger partial charge in [0.1, 0.15) is 11.6 Å². The lowest BCUT2D eigenvalue weighted by Gasteiger charge is -2.15. The summed E-state index contributed by atoms with van der Waals surface area (Å²) < 4.78 is 11.4. The van der Waals surface area contributed by atoms with Gasteiger partial charge in [-0.25, -0.2) is 0 Å². The van der Waals surface area contributed by atoms with Gasteiger partial charge in [-0.3, -0.25) is 0 Å². The molecule has 3 rings (SSSR count). The Labute approximate surface area is 167 Å². The lowest BCUT2D eigenvalue weighted by molar-refractivity contribution is 0.284. The van der Waals surface area contributed by atoms with Gasteiger partial charge in [0, 0.05) is 12.1 Å². The van der Waals surface area contributed by atoms with E-state index in [1.807, 2.05) is 48.5 Å². The van der Waals surface area contributed by atoms with Gasteiger partial charge in [-0.15, -0.1) is 0 Å². The number of benzene rings is 2. The Hall–Kier alpha value is -2.33. The van der Waals surface area contributed by atoms with Crippen LogP contribution in [0, 0.1) is 0 Å².